The Morgan fingerprint density at radius 2 is 1.75 bits per heavy atom. The van der Waals surface area contributed by atoms with Gasteiger partial charge in [-0.15, -0.1) is 11.3 Å². The van der Waals surface area contributed by atoms with E-state index in [0.29, 0.717) is 0 Å². The van der Waals surface area contributed by atoms with Gasteiger partial charge in [-0.1, -0.05) is 24.6 Å². The van der Waals surface area contributed by atoms with Crippen LogP contribution in [0.15, 0.2) is 29.6 Å². The molecule has 2 aliphatic heterocycles. The number of hydrogen-bond donors (Lipinski definition) is 0. The van der Waals surface area contributed by atoms with Crippen LogP contribution in [0.3, 0.4) is 0 Å². The number of aromatic nitrogens is 1. The monoisotopic (exact) mass is 398 g/mol. The standard InChI is InChI=1S/C22H30N4OS/c1-17-3-5-19(6-4-17)21(27)25-11-13-26(14-12-25)22-23-20(16-28-22)15-24-9-7-18(2)8-10-24/h3-6,16,18H,7-15H2,1-2H3. The lowest BCUT2D eigenvalue weighted by Crippen LogP contribution is -2.48. The molecule has 6 heteroatoms. The Morgan fingerprint density at radius 3 is 2.43 bits per heavy atom. The summed E-state index contributed by atoms with van der Waals surface area (Å²) in [6, 6.07) is 7.87. The molecule has 2 saturated heterocycles. The van der Waals surface area contributed by atoms with Crippen molar-refractivity contribution in [3.63, 3.8) is 0 Å². The number of nitrogens with zero attached hydrogens (tertiary/aromatic N) is 4. The van der Waals surface area contributed by atoms with E-state index in [1.165, 1.54) is 37.2 Å². The molecular formula is C22H30N4OS. The lowest BCUT2D eigenvalue weighted by atomic mass is 9.99. The van der Waals surface area contributed by atoms with Crippen molar-refractivity contribution < 1.29 is 4.79 Å². The van der Waals surface area contributed by atoms with Crippen LogP contribution in [-0.2, 0) is 6.54 Å². The number of benzene rings is 1. The fourth-order valence-corrected chi connectivity index (χ4v) is 4.81. The minimum atomic E-state index is 0.138. The fraction of sp³-hybridized carbons (Fsp3) is 0.545. The Labute approximate surface area is 172 Å². The van der Waals surface area contributed by atoms with Gasteiger partial charge in [0.1, 0.15) is 0 Å². The normalized spacial score (nSPS) is 19.2. The van der Waals surface area contributed by atoms with Crippen LogP contribution in [0.1, 0.15) is 41.4 Å². The molecule has 0 unspecified atom stereocenters. The van der Waals surface area contributed by atoms with Gasteiger partial charge in [0.15, 0.2) is 5.13 Å². The molecule has 150 valence electrons. The summed E-state index contributed by atoms with van der Waals surface area (Å²) in [5.74, 6) is 1.000. The van der Waals surface area contributed by atoms with Crippen LogP contribution in [0, 0.1) is 12.8 Å². The highest BCUT2D eigenvalue weighted by Crippen LogP contribution is 2.24. The second kappa shape index (κ2) is 8.62. The second-order valence-corrected chi connectivity index (χ2v) is 9.06. The van der Waals surface area contributed by atoms with Gasteiger partial charge >= 0.3 is 0 Å². The molecule has 0 atom stereocenters. The topological polar surface area (TPSA) is 39.7 Å². The number of aryl methyl sites for hydroxylation is 1. The first kappa shape index (κ1) is 19.4. The van der Waals surface area contributed by atoms with Crippen molar-refractivity contribution in [2.75, 3.05) is 44.2 Å². The van der Waals surface area contributed by atoms with E-state index < -0.39 is 0 Å². The Bertz CT molecular complexity index is 787. The number of rotatable bonds is 4. The zero-order chi connectivity index (χ0) is 19.5. The van der Waals surface area contributed by atoms with Crippen LogP contribution >= 0.6 is 11.3 Å². The first-order chi connectivity index (χ1) is 13.6. The van der Waals surface area contributed by atoms with Crippen molar-refractivity contribution in [3.05, 3.63) is 46.5 Å². The number of likely N-dealkylation sites (tertiary alicyclic amines) is 1. The molecule has 3 heterocycles. The maximum atomic E-state index is 12.7. The molecule has 5 nitrogen and oxygen atoms in total. The average molecular weight is 399 g/mol. The fourth-order valence-electron chi connectivity index (χ4n) is 3.94. The number of carbonyl (C=O) groups excluding carboxylic acids is 1. The molecule has 4 rings (SSSR count). The molecule has 0 spiro atoms. The summed E-state index contributed by atoms with van der Waals surface area (Å²) in [5, 5.41) is 3.31. The van der Waals surface area contributed by atoms with Gasteiger partial charge in [0.2, 0.25) is 0 Å². The van der Waals surface area contributed by atoms with E-state index in [9.17, 15) is 4.79 Å². The van der Waals surface area contributed by atoms with Gasteiger partial charge < -0.3 is 9.80 Å². The average Bonchev–Trinajstić information content (AvgIpc) is 3.18. The third kappa shape index (κ3) is 4.55. The minimum Gasteiger partial charge on any atom is -0.345 e. The zero-order valence-electron chi connectivity index (χ0n) is 16.9. The summed E-state index contributed by atoms with van der Waals surface area (Å²) in [7, 11) is 0. The number of anilines is 1. The number of piperidine rings is 1. The highest BCUT2D eigenvalue weighted by atomic mass is 32.1. The van der Waals surface area contributed by atoms with Crippen molar-refractivity contribution in [2.24, 2.45) is 5.92 Å². The van der Waals surface area contributed by atoms with Crippen molar-refractivity contribution in [1.29, 1.82) is 0 Å². The summed E-state index contributed by atoms with van der Waals surface area (Å²) in [4.78, 5) is 24.4. The van der Waals surface area contributed by atoms with Crippen molar-refractivity contribution in [2.45, 2.75) is 33.2 Å². The molecule has 1 aromatic heterocycles. The zero-order valence-corrected chi connectivity index (χ0v) is 17.7. The van der Waals surface area contributed by atoms with Crippen LogP contribution in [0.25, 0.3) is 0 Å². The summed E-state index contributed by atoms with van der Waals surface area (Å²) >= 11 is 1.74. The van der Waals surface area contributed by atoms with E-state index in [4.69, 9.17) is 4.98 Å². The van der Waals surface area contributed by atoms with Crippen LogP contribution in [0.4, 0.5) is 5.13 Å². The van der Waals surface area contributed by atoms with Crippen LogP contribution in [-0.4, -0.2) is 60.0 Å². The predicted molar refractivity (Wildman–Crippen MR) is 115 cm³/mol. The van der Waals surface area contributed by atoms with Gasteiger partial charge in [0.05, 0.1) is 5.69 Å². The summed E-state index contributed by atoms with van der Waals surface area (Å²) < 4.78 is 0. The molecule has 0 saturated carbocycles. The number of piperazine rings is 1. The van der Waals surface area contributed by atoms with Crippen LogP contribution < -0.4 is 4.90 Å². The molecule has 1 aromatic carbocycles. The molecule has 0 aliphatic carbocycles. The quantitative estimate of drug-likeness (QED) is 0.788. The lowest BCUT2D eigenvalue weighted by molar-refractivity contribution is 0.0746. The second-order valence-electron chi connectivity index (χ2n) is 8.23. The first-order valence-electron chi connectivity index (χ1n) is 10.4. The maximum absolute atomic E-state index is 12.7. The van der Waals surface area contributed by atoms with Crippen LogP contribution in [0.5, 0.6) is 0 Å². The first-order valence-corrected chi connectivity index (χ1v) is 11.2. The largest absolute Gasteiger partial charge is 0.345 e. The Morgan fingerprint density at radius 1 is 1.07 bits per heavy atom. The van der Waals surface area contributed by atoms with E-state index in [1.807, 2.05) is 36.1 Å². The van der Waals surface area contributed by atoms with Gasteiger partial charge in [0, 0.05) is 43.7 Å². The minimum absolute atomic E-state index is 0.138. The van der Waals surface area contributed by atoms with Gasteiger partial charge in [-0.05, 0) is 50.9 Å². The molecule has 2 fully saturated rings. The molecule has 1 amide bonds. The highest BCUT2D eigenvalue weighted by Gasteiger charge is 2.24. The van der Waals surface area contributed by atoms with Crippen molar-refractivity contribution in [1.82, 2.24) is 14.8 Å². The van der Waals surface area contributed by atoms with Gasteiger partial charge in [-0.3, -0.25) is 9.69 Å². The molecular weight excluding hydrogens is 368 g/mol. The Kier molecular flexibility index (Phi) is 5.97. The van der Waals surface area contributed by atoms with Gasteiger partial charge in [-0.25, -0.2) is 4.98 Å². The van der Waals surface area contributed by atoms with Crippen molar-refractivity contribution in [3.8, 4) is 0 Å². The van der Waals surface area contributed by atoms with Gasteiger partial charge in [0.25, 0.3) is 5.91 Å². The molecule has 2 aromatic rings. The maximum Gasteiger partial charge on any atom is 0.253 e. The van der Waals surface area contributed by atoms with E-state index in [-0.39, 0.29) is 5.91 Å². The van der Waals surface area contributed by atoms with E-state index in [2.05, 4.69) is 22.1 Å². The lowest BCUT2D eigenvalue weighted by Gasteiger charge is -2.34. The number of thiazole rings is 1. The third-order valence-electron chi connectivity index (χ3n) is 5.94. The number of carbonyl (C=O) groups is 1. The van der Waals surface area contributed by atoms with Crippen molar-refractivity contribution >= 4 is 22.4 Å². The molecule has 0 bridgehead atoms. The highest BCUT2D eigenvalue weighted by molar-refractivity contribution is 7.13. The molecule has 28 heavy (non-hydrogen) atoms. The number of amides is 1. The Balaban J connectivity index is 1.30. The summed E-state index contributed by atoms with van der Waals surface area (Å²) in [6.07, 6.45) is 2.60. The van der Waals surface area contributed by atoms with E-state index in [0.717, 1.165) is 49.3 Å². The van der Waals surface area contributed by atoms with Crippen LogP contribution in [0.2, 0.25) is 0 Å². The third-order valence-corrected chi connectivity index (χ3v) is 6.89. The Hall–Kier alpha value is -1.92. The van der Waals surface area contributed by atoms with E-state index in [1.54, 1.807) is 11.3 Å². The summed E-state index contributed by atoms with van der Waals surface area (Å²) in [5.41, 5.74) is 3.15. The van der Waals surface area contributed by atoms with Gasteiger partial charge in [-0.2, -0.15) is 0 Å². The number of hydrogen-bond acceptors (Lipinski definition) is 5. The smallest absolute Gasteiger partial charge is 0.253 e. The molecule has 0 N–H and O–H groups in total. The molecule has 0 radical (unpaired) electrons. The summed E-state index contributed by atoms with van der Waals surface area (Å²) in [6.45, 7) is 11.0. The predicted octanol–water partition coefficient (Wildman–Crippen LogP) is 3.65. The SMILES string of the molecule is Cc1ccc(C(=O)N2CCN(c3nc(CN4CCC(C)CC4)cs3)CC2)cc1. The molecule has 2 aliphatic rings. The van der Waals surface area contributed by atoms with E-state index >= 15 is 0 Å².